The van der Waals surface area contributed by atoms with Crippen LogP contribution in [0, 0.1) is 0 Å². The van der Waals surface area contributed by atoms with Crippen molar-refractivity contribution in [1.82, 2.24) is 21.1 Å². The van der Waals surface area contributed by atoms with E-state index in [1.165, 1.54) is 6.08 Å². The van der Waals surface area contributed by atoms with Gasteiger partial charge in [-0.25, -0.2) is 4.79 Å². The Morgan fingerprint density at radius 1 is 1.17 bits per heavy atom. The van der Waals surface area contributed by atoms with Gasteiger partial charge in [0.05, 0.1) is 0 Å². The van der Waals surface area contributed by atoms with Gasteiger partial charge >= 0.3 is 6.03 Å². The van der Waals surface area contributed by atoms with Crippen LogP contribution in [0.15, 0.2) is 24.3 Å². The Hall–Kier alpha value is -3.56. The second kappa shape index (κ2) is 8.21. The number of carbonyl (C=O) groups excluding carboxylic acids is 4. The van der Waals surface area contributed by atoms with Gasteiger partial charge in [0.2, 0.25) is 5.91 Å². The molecule has 1 aromatic rings. The molecule has 1 aromatic carbocycles. The van der Waals surface area contributed by atoms with E-state index in [1.54, 1.807) is 38.1 Å². The highest BCUT2D eigenvalue weighted by Gasteiger charge is 2.43. The lowest BCUT2D eigenvalue weighted by molar-refractivity contribution is -0.131. The minimum Gasteiger partial charge on any atom is -0.486 e. The first-order valence-corrected chi connectivity index (χ1v) is 9.07. The Balaban J connectivity index is 1.43. The van der Waals surface area contributed by atoms with Gasteiger partial charge < -0.3 is 14.8 Å². The first-order valence-electron chi connectivity index (χ1n) is 9.07. The number of hydrogen-bond donors (Lipinski definition) is 3. The van der Waals surface area contributed by atoms with E-state index >= 15 is 0 Å². The molecule has 0 aliphatic carbocycles. The molecular weight excluding hydrogens is 380 g/mol. The third-order valence-corrected chi connectivity index (χ3v) is 4.33. The maximum Gasteiger partial charge on any atom is 0.325 e. The zero-order valence-electron chi connectivity index (χ0n) is 16.1. The molecule has 154 valence electrons. The number of ether oxygens (including phenoxy) is 2. The van der Waals surface area contributed by atoms with Gasteiger partial charge in [0.15, 0.2) is 11.5 Å². The number of hydrogen-bond acceptors (Lipinski definition) is 6. The second-order valence-electron chi connectivity index (χ2n) is 7.04. The van der Waals surface area contributed by atoms with Crippen molar-refractivity contribution >= 4 is 29.8 Å². The van der Waals surface area contributed by atoms with Crippen molar-refractivity contribution < 1.29 is 28.7 Å². The third-order valence-electron chi connectivity index (χ3n) is 4.33. The van der Waals surface area contributed by atoms with Gasteiger partial charge in [-0.05, 0) is 37.6 Å². The van der Waals surface area contributed by atoms with Crippen LogP contribution < -0.4 is 25.6 Å². The van der Waals surface area contributed by atoms with Gasteiger partial charge in [-0.2, -0.15) is 0 Å². The fourth-order valence-corrected chi connectivity index (χ4v) is 2.81. The van der Waals surface area contributed by atoms with Crippen molar-refractivity contribution in [3.63, 3.8) is 0 Å². The Bertz CT molecular complexity index is 879. The quantitative estimate of drug-likeness (QED) is 0.370. The van der Waals surface area contributed by atoms with Gasteiger partial charge in [-0.1, -0.05) is 6.07 Å². The predicted molar refractivity (Wildman–Crippen MR) is 102 cm³/mol. The van der Waals surface area contributed by atoms with E-state index in [1.807, 2.05) is 0 Å². The maximum absolute atomic E-state index is 12.0. The maximum atomic E-state index is 12.0. The molecule has 2 aliphatic rings. The molecule has 0 unspecified atom stereocenters. The number of amides is 5. The average Bonchev–Trinajstić information content (AvgIpc) is 2.89. The molecule has 0 bridgehead atoms. The molecule has 2 heterocycles. The fourth-order valence-electron chi connectivity index (χ4n) is 2.81. The van der Waals surface area contributed by atoms with E-state index in [0.29, 0.717) is 24.7 Å². The molecule has 3 rings (SSSR count). The SMILES string of the molecule is CC1(C)NC(=O)N(CCC(=O)NNC(=O)/C=C/c2ccc3c(c2)OCCO3)C1=O. The normalized spacial score (nSPS) is 17.2. The van der Waals surface area contributed by atoms with Crippen LogP contribution in [0.1, 0.15) is 25.8 Å². The Labute approximate surface area is 167 Å². The molecule has 0 aromatic heterocycles. The number of hydrazine groups is 1. The van der Waals surface area contributed by atoms with Crippen LogP contribution in [0.5, 0.6) is 11.5 Å². The lowest BCUT2D eigenvalue weighted by Gasteiger charge is -2.18. The topological polar surface area (TPSA) is 126 Å². The van der Waals surface area contributed by atoms with E-state index in [4.69, 9.17) is 9.47 Å². The molecule has 0 radical (unpaired) electrons. The molecule has 29 heavy (non-hydrogen) atoms. The van der Waals surface area contributed by atoms with E-state index in [-0.39, 0.29) is 13.0 Å². The van der Waals surface area contributed by atoms with E-state index in [9.17, 15) is 19.2 Å². The number of urea groups is 1. The zero-order chi connectivity index (χ0) is 21.0. The minimum atomic E-state index is -0.986. The summed E-state index contributed by atoms with van der Waals surface area (Å²) in [5.74, 6) is -0.211. The van der Waals surface area contributed by atoms with Crippen LogP contribution in [0.4, 0.5) is 4.79 Å². The molecule has 10 heteroatoms. The lowest BCUT2D eigenvalue weighted by atomic mass is 10.1. The summed E-state index contributed by atoms with van der Waals surface area (Å²) >= 11 is 0. The van der Waals surface area contributed by atoms with E-state index < -0.39 is 29.3 Å². The van der Waals surface area contributed by atoms with E-state index in [2.05, 4.69) is 16.2 Å². The Morgan fingerprint density at radius 3 is 2.59 bits per heavy atom. The molecule has 1 fully saturated rings. The Kier molecular flexibility index (Phi) is 5.71. The summed E-state index contributed by atoms with van der Waals surface area (Å²) in [5.41, 5.74) is 4.23. The molecule has 0 saturated carbocycles. The van der Waals surface area contributed by atoms with Crippen LogP contribution in [0.3, 0.4) is 0 Å². The summed E-state index contributed by atoms with van der Waals surface area (Å²) in [5, 5.41) is 2.53. The highest BCUT2D eigenvalue weighted by atomic mass is 16.6. The molecule has 0 spiro atoms. The minimum absolute atomic E-state index is 0.0805. The molecule has 2 aliphatic heterocycles. The van der Waals surface area contributed by atoms with Gasteiger partial charge in [0, 0.05) is 19.0 Å². The van der Waals surface area contributed by atoms with Gasteiger partial charge in [0.1, 0.15) is 18.8 Å². The number of nitrogens with zero attached hydrogens (tertiary/aromatic N) is 1. The molecule has 0 atom stereocenters. The summed E-state index contributed by atoms with van der Waals surface area (Å²) in [7, 11) is 0. The number of rotatable bonds is 5. The van der Waals surface area contributed by atoms with Crippen molar-refractivity contribution in [3.8, 4) is 11.5 Å². The number of benzene rings is 1. The van der Waals surface area contributed by atoms with Crippen molar-refractivity contribution in [2.75, 3.05) is 19.8 Å². The lowest BCUT2D eigenvalue weighted by Crippen LogP contribution is -2.43. The zero-order valence-corrected chi connectivity index (χ0v) is 16.1. The van der Waals surface area contributed by atoms with Crippen LogP contribution in [-0.2, 0) is 14.4 Å². The van der Waals surface area contributed by atoms with Crippen molar-refractivity contribution in [2.24, 2.45) is 0 Å². The first kappa shape index (κ1) is 20.2. The van der Waals surface area contributed by atoms with Crippen LogP contribution >= 0.6 is 0 Å². The Morgan fingerprint density at radius 2 is 1.90 bits per heavy atom. The third kappa shape index (κ3) is 4.84. The summed E-state index contributed by atoms with van der Waals surface area (Å²) in [6.45, 7) is 4.06. The fraction of sp³-hybridized carbons (Fsp3) is 0.368. The second-order valence-corrected chi connectivity index (χ2v) is 7.04. The van der Waals surface area contributed by atoms with Crippen LogP contribution in [-0.4, -0.2) is 54.0 Å². The van der Waals surface area contributed by atoms with Gasteiger partial charge in [0.25, 0.3) is 11.8 Å². The highest BCUT2D eigenvalue weighted by molar-refractivity contribution is 6.06. The molecule has 5 amide bonds. The largest absolute Gasteiger partial charge is 0.486 e. The molecular formula is C19H22N4O6. The summed E-state index contributed by atoms with van der Waals surface area (Å²) in [4.78, 5) is 48.5. The van der Waals surface area contributed by atoms with Gasteiger partial charge in [-0.3, -0.25) is 30.1 Å². The number of fused-ring (bicyclic) bond motifs is 1. The van der Waals surface area contributed by atoms with Crippen molar-refractivity contribution in [2.45, 2.75) is 25.8 Å². The monoisotopic (exact) mass is 402 g/mol. The summed E-state index contributed by atoms with van der Waals surface area (Å²) < 4.78 is 10.9. The summed E-state index contributed by atoms with van der Waals surface area (Å²) in [6, 6.07) is 4.73. The predicted octanol–water partition coefficient (Wildman–Crippen LogP) is 0.339. The number of imide groups is 1. The smallest absolute Gasteiger partial charge is 0.325 e. The van der Waals surface area contributed by atoms with Crippen molar-refractivity contribution in [3.05, 3.63) is 29.8 Å². The first-order chi connectivity index (χ1) is 13.8. The van der Waals surface area contributed by atoms with Gasteiger partial charge in [-0.15, -0.1) is 0 Å². The highest BCUT2D eigenvalue weighted by Crippen LogP contribution is 2.31. The van der Waals surface area contributed by atoms with Crippen LogP contribution in [0.25, 0.3) is 6.08 Å². The molecule has 10 nitrogen and oxygen atoms in total. The van der Waals surface area contributed by atoms with Crippen LogP contribution in [0.2, 0.25) is 0 Å². The molecule has 3 N–H and O–H groups in total. The number of nitrogens with one attached hydrogen (secondary N) is 3. The van der Waals surface area contributed by atoms with E-state index in [0.717, 1.165) is 10.5 Å². The number of carbonyl (C=O) groups is 4. The molecule has 1 saturated heterocycles. The van der Waals surface area contributed by atoms with Crippen molar-refractivity contribution in [1.29, 1.82) is 0 Å². The summed E-state index contributed by atoms with van der Waals surface area (Å²) in [6.07, 6.45) is 2.68. The average molecular weight is 402 g/mol. The standard InChI is InChI=1S/C19H22N4O6/c1-19(2)17(26)23(18(27)20-19)8-7-16(25)22-21-15(24)6-4-12-3-5-13-14(11-12)29-10-9-28-13/h3-6,11H,7-10H2,1-2H3,(H,20,27)(H,21,24)(H,22,25)/b6-4+.